The van der Waals surface area contributed by atoms with Crippen LogP contribution in [0.2, 0.25) is 0 Å². The minimum absolute atomic E-state index is 0.00626. The summed E-state index contributed by atoms with van der Waals surface area (Å²) in [5.41, 5.74) is 2.09. The Morgan fingerprint density at radius 3 is 1.46 bits per heavy atom. The molecule has 0 saturated heterocycles. The highest BCUT2D eigenvalue weighted by Crippen LogP contribution is 2.32. The topological polar surface area (TPSA) is 84.0 Å². The van der Waals surface area contributed by atoms with Gasteiger partial charge in [0, 0.05) is 12.0 Å². The third-order valence-corrected chi connectivity index (χ3v) is 8.42. The fourth-order valence-corrected chi connectivity index (χ4v) is 5.86. The van der Waals surface area contributed by atoms with Crippen LogP contribution in [0.25, 0.3) is 10.8 Å². The number of fused-ring (bicyclic) bond motifs is 3. The molecule has 6 aromatic carbocycles. The first kappa shape index (κ1) is 35.3. The molecule has 2 aliphatic heterocycles. The van der Waals surface area contributed by atoms with E-state index in [1.54, 1.807) is 97.1 Å². The van der Waals surface area contributed by atoms with E-state index in [9.17, 15) is 32.3 Å². The number of imide groups is 2. The second-order valence-corrected chi connectivity index (χ2v) is 11.7. The van der Waals surface area contributed by atoms with Crippen LogP contribution in [0.4, 0.5) is 13.2 Å². The Balaban J connectivity index is 0.000000137. The molecule has 2 unspecified atom stereocenters. The predicted octanol–water partition coefficient (Wildman–Crippen LogP) is 8.92. The van der Waals surface area contributed by atoms with Gasteiger partial charge < -0.3 is 4.74 Å². The lowest BCUT2D eigenvalue weighted by Gasteiger charge is -2.19. The van der Waals surface area contributed by atoms with Crippen LogP contribution in [0.3, 0.4) is 0 Å². The van der Waals surface area contributed by atoms with Crippen LogP contribution < -0.4 is 4.74 Å². The normalized spacial score (nSPS) is 14.1. The van der Waals surface area contributed by atoms with Gasteiger partial charge in [-0.1, -0.05) is 115 Å². The molecule has 2 atom stereocenters. The van der Waals surface area contributed by atoms with Crippen molar-refractivity contribution in [1.82, 2.24) is 9.80 Å². The Kier molecular flexibility index (Phi) is 10.8. The van der Waals surface area contributed by atoms with Gasteiger partial charge in [-0.15, -0.1) is 0 Å². The maximum atomic E-state index is 14.4. The molecule has 260 valence electrons. The summed E-state index contributed by atoms with van der Waals surface area (Å²) in [6.07, 6.45) is -3.40. The molecule has 2 aliphatic rings. The average molecular weight is 698 g/mol. The molecule has 10 heteroatoms. The van der Waals surface area contributed by atoms with Crippen molar-refractivity contribution >= 4 is 34.4 Å². The molecule has 0 spiro atoms. The number of benzene rings is 6. The van der Waals surface area contributed by atoms with E-state index in [-0.39, 0.29) is 34.2 Å². The molecule has 6 aromatic rings. The van der Waals surface area contributed by atoms with E-state index in [2.05, 4.69) is 0 Å². The second-order valence-electron chi connectivity index (χ2n) is 11.7. The standard InChI is InChI=1S/C16H12FNO2.C15H10FNO2.C11H9FO/c17-14(10-11-6-2-1-3-7-11)18-15(19)12-8-4-5-9-13(12)16(18)20;16-13(10-6-2-1-3-7-10)17-14(18)11-8-4-5-9-12(11)15(17)19;12-8-13-11-6-5-9-3-1-2-4-10(9)7-11/h1-9,14H,10H2;1-9,13H;1-7H,8H2/i17-1;16-1;12-1. The van der Waals surface area contributed by atoms with Gasteiger partial charge in [-0.25, -0.2) is 23.0 Å². The summed E-state index contributed by atoms with van der Waals surface area (Å²) in [4.78, 5) is 49.8. The number of halogens is 3. The lowest BCUT2D eigenvalue weighted by molar-refractivity contribution is 0.0399. The lowest BCUT2D eigenvalue weighted by Crippen LogP contribution is -2.38. The van der Waals surface area contributed by atoms with Crippen LogP contribution in [0.5, 0.6) is 5.75 Å². The first-order valence-electron chi connectivity index (χ1n) is 16.3. The summed E-state index contributed by atoms with van der Waals surface area (Å²) in [5.74, 6) is -1.72. The van der Waals surface area contributed by atoms with E-state index in [1.807, 2.05) is 42.5 Å². The molecule has 0 aliphatic carbocycles. The maximum absolute atomic E-state index is 14.4. The number of rotatable bonds is 7. The number of carbonyl (C=O) groups is 4. The van der Waals surface area contributed by atoms with Gasteiger partial charge in [0.25, 0.3) is 23.6 Å². The Morgan fingerprint density at radius 1 is 0.500 bits per heavy atom. The Labute approximate surface area is 297 Å². The number of hydrogen-bond donors (Lipinski definition) is 0. The SMILES string of the molecule is O=C1c2ccccc2C(=O)N1C([18F])Cc1ccccc1.O=C1c2ccccc2C(=O)N1C([18F])c1ccccc1.[18F]COc1ccc2ccccc2c1. The Bertz CT molecular complexity index is 2160. The van der Waals surface area contributed by atoms with Gasteiger partial charge in [-0.2, -0.15) is 0 Å². The van der Waals surface area contributed by atoms with Crippen LogP contribution in [-0.4, -0.2) is 46.6 Å². The molecule has 2 heterocycles. The van der Waals surface area contributed by atoms with Crippen LogP contribution in [0, 0.1) is 0 Å². The van der Waals surface area contributed by atoms with Crippen LogP contribution in [0.1, 0.15) is 58.9 Å². The molecule has 0 fully saturated rings. The summed E-state index contributed by atoms with van der Waals surface area (Å²) in [6, 6.07) is 43.4. The van der Waals surface area contributed by atoms with Crippen molar-refractivity contribution < 1.29 is 37.1 Å². The molecule has 0 N–H and O–H groups in total. The summed E-state index contributed by atoms with van der Waals surface area (Å²) >= 11 is 0. The number of amides is 4. The molecule has 0 saturated carbocycles. The van der Waals surface area contributed by atoms with Crippen molar-refractivity contribution in [3.8, 4) is 5.75 Å². The van der Waals surface area contributed by atoms with Gasteiger partial charge >= 0.3 is 0 Å². The van der Waals surface area contributed by atoms with Gasteiger partial charge in [-0.3, -0.25) is 19.2 Å². The molecular weight excluding hydrogens is 666 g/mol. The van der Waals surface area contributed by atoms with Gasteiger partial charge in [-0.05, 0) is 52.7 Å². The maximum Gasteiger partial charge on any atom is 0.264 e. The van der Waals surface area contributed by atoms with Crippen molar-refractivity contribution in [2.24, 2.45) is 0 Å². The van der Waals surface area contributed by atoms with Gasteiger partial charge in [0.1, 0.15) is 5.75 Å². The zero-order chi connectivity index (χ0) is 36.6. The summed E-state index contributed by atoms with van der Waals surface area (Å²) in [7, 11) is 0. The van der Waals surface area contributed by atoms with Crippen molar-refractivity contribution in [1.29, 1.82) is 0 Å². The largest absolute Gasteiger partial charge is 0.463 e. The Morgan fingerprint density at radius 2 is 0.942 bits per heavy atom. The number of nitrogens with zero attached hydrogens (tertiary/aromatic N) is 2. The van der Waals surface area contributed by atoms with Crippen molar-refractivity contribution in [2.75, 3.05) is 6.86 Å². The molecule has 7 nitrogen and oxygen atoms in total. The zero-order valence-electron chi connectivity index (χ0n) is 27.6. The Hall–Kier alpha value is -6.55. The third kappa shape index (κ3) is 7.46. The summed E-state index contributed by atoms with van der Waals surface area (Å²) in [6.45, 7) is -0.779. The highest BCUT2D eigenvalue weighted by molar-refractivity contribution is 6.22. The second kappa shape index (κ2) is 16.0. The monoisotopic (exact) mass is 697 g/mol. The molecule has 0 aromatic heterocycles. The smallest absolute Gasteiger partial charge is 0.264 e. The van der Waals surface area contributed by atoms with Crippen molar-refractivity contribution in [2.45, 2.75) is 19.0 Å². The molecule has 0 radical (unpaired) electrons. The number of alkyl halides is 3. The molecular formula is C42H31F3N2O5. The van der Waals surface area contributed by atoms with Crippen LogP contribution in [0.15, 0.2) is 152 Å². The predicted molar refractivity (Wildman–Crippen MR) is 190 cm³/mol. The highest BCUT2D eigenvalue weighted by atomic mass is 18.2. The number of ether oxygens (including phenoxy) is 1. The summed E-state index contributed by atoms with van der Waals surface area (Å²) in [5, 5.41) is 2.20. The van der Waals surface area contributed by atoms with E-state index in [4.69, 9.17) is 4.74 Å². The van der Waals surface area contributed by atoms with Gasteiger partial charge in [0.05, 0.1) is 22.3 Å². The first-order chi connectivity index (χ1) is 25.3. The minimum Gasteiger partial charge on any atom is -0.463 e. The van der Waals surface area contributed by atoms with E-state index in [0.29, 0.717) is 15.5 Å². The van der Waals surface area contributed by atoms with Gasteiger partial charge in [0.15, 0.2) is 6.30 Å². The summed E-state index contributed by atoms with van der Waals surface area (Å²) < 4.78 is 45.3. The third-order valence-electron chi connectivity index (χ3n) is 8.42. The number of carbonyl (C=O) groups excluding carboxylic acids is 4. The lowest BCUT2D eigenvalue weighted by atomic mass is 10.1. The van der Waals surface area contributed by atoms with E-state index < -0.39 is 43.1 Å². The number of hydrogen-bond acceptors (Lipinski definition) is 5. The molecule has 52 heavy (non-hydrogen) atoms. The van der Waals surface area contributed by atoms with E-state index in [1.165, 1.54) is 12.1 Å². The van der Waals surface area contributed by atoms with Crippen molar-refractivity contribution in [3.63, 3.8) is 0 Å². The van der Waals surface area contributed by atoms with Crippen LogP contribution in [-0.2, 0) is 6.42 Å². The quantitative estimate of drug-likeness (QED) is 0.123. The fourth-order valence-electron chi connectivity index (χ4n) is 5.86. The molecule has 0 bridgehead atoms. The first-order valence-corrected chi connectivity index (χ1v) is 16.3. The minimum atomic E-state index is -1.76. The van der Waals surface area contributed by atoms with Crippen molar-refractivity contribution in [3.05, 3.63) is 185 Å². The highest BCUT2D eigenvalue weighted by Gasteiger charge is 2.41. The van der Waals surface area contributed by atoms with Gasteiger partial charge in [0.2, 0.25) is 13.2 Å². The van der Waals surface area contributed by atoms with Crippen LogP contribution >= 0.6 is 0 Å². The average Bonchev–Trinajstić information content (AvgIpc) is 3.60. The zero-order valence-corrected chi connectivity index (χ0v) is 27.6. The molecule has 8 rings (SSSR count). The fraction of sp³-hybridized carbons (Fsp3) is 0.0952. The van der Waals surface area contributed by atoms with E-state index in [0.717, 1.165) is 16.3 Å². The molecule has 4 amide bonds. The van der Waals surface area contributed by atoms with E-state index >= 15 is 0 Å².